The van der Waals surface area contributed by atoms with Crippen LogP contribution in [-0.4, -0.2) is 34.7 Å². The summed E-state index contributed by atoms with van der Waals surface area (Å²) < 4.78 is 0. The van der Waals surface area contributed by atoms with Crippen molar-refractivity contribution >= 4 is 34.6 Å². The third-order valence-electron chi connectivity index (χ3n) is 4.16. The molecule has 1 aromatic carbocycles. The van der Waals surface area contributed by atoms with Gasteiger partial charge in [0.05, 0.1) is 6.42 Å². The lowest BCUT2D eigenvalue weighted by atomic mass is 9.92. The highest BCUT2D eigenvalue weighted by Gasteiger charge is 2.29. The van der Waals surface area contributed by atoms with Crippen molar-refractivity contribution in [1.29, 1.82) is 0 Å². The zero-order valence-electron chi connectivity index (χ0n) is 12.6. The van der Waals surface area contributed by atoms with Gasteiger partial charge in [0.2, 0.25) is 5.91 Å². The normalized spacial score (nSPS) is 15.6. The number of halogens is 1. The Kier molecular flexibility index (Phi) is 5.08. The number of carbonyl (C=O) groups excluding carboxylic acids is 2. The Bertz CT molecular complexity index is 694. The summed E-state index contributed by atoms with van der Waals surface area (Å²) in [7, 11) is 0. The minimum Gasteiger partial charge on any atom is -0.342 e. The Labute approximate surface area is 144 Å². The molecule has 0 spiro atoms. The molecule has 3 rings (SSSR count). The summed E-state index contributed by atoms with van der Waals surface area (Å²) >= 11 is 7.49. The van der Waals surface area contributed by atoms with Gasteiger partial charge < -0.3 is 4.90 Å². The number of hydrogen-bond acceptors (Lipinski definition) is 4. The molecule has 6 heteroatoms. The molecule has 1 saturated heterocycles. The van der Waals surface area contributed by atoms with Crippen LogP contribution >= 0.6 is 22.9 Å². The van der Waals surface area contributed by atoms with E-state index in [4.69, 9.17) is 11.6 Å². The minimum atomic E-state index is -0.0227. The average molecular weight is 349 g/mol. The summed E-state index contributed by atoms with van der Waals surface area (Å²) in [5.41, 5.74) is 0.847. The monoisotopic (exact) mass is 348 g/mol. The molecule has 0 atom stereocenters. The van der Waals surface area contributed by atoms with Gasteiger partial charge >= 0.3 is 0 Å². The summed E-state index contributed by atoms with van der Waals surface area (Å²) in [6.07, 6.45) is 3.37. The molecule has 0 bridgehead atoms. The highest BCUT2D eigenvalue weighted by atomic mass is 35.5. The van der Waals surface area contributed by atoms with Crippen LogP contribution in [0.2, 0.25) is 5.02 Å². The Morgan fingerprint density at radius 3 is 2.65 bits per heavy atom. The summed E-state index contributed by atoms with van der Waals surface area (Å²) in [6, 6.07) is 7.40. The number of amides is 1. The first-order valence-electron chi connectivity index (χ1n) is 7.60. The Balaban J connectivity index is 1.55. The van der Waals surface area contributed by atoms with Crippen LogP contribution in [0.15, 0.2) is 35.8 Å². The minimum absolute atomic E-state index is 0.0227. The lowest BCUT2D eigenvalue weighted by Crippen LogP contribution is -2.41. The van der Waals surface area contributed by atoms with Crippen LogP contribution in [0.4, 0.5) is 0 Å². The van der Waals surface area contributed by atoms with E-state index < -0.39 is 0 Å². The maximum Gasteiger partial charge on any atom is 0.227 e. The van der Waals surface area contributed by atoms with Crippen molar-refractivity contribution in [2.75, 3.05) is 13.1 Å². The Morgan fingerprint density at radius 1 is 1.26 bits per heavy atom. The Hall–Kier alpha value is -1.72. The van der Waals surface area contributed by atoms with Crippen LogP contribution in [-0.2, 0) is 11.2 Å². The van der Waals surface area contributed by atoms with E-state index in [1.807, 2.05) is 28.5 Å². The van der Waals surface area contributed by atoms with Crippen LogP contribution in [0.3, 0.4) is 0 Å². The van der Waals surface area contributed by atoms with Gasteiger partial charge in [0.25, 0.3) is 0 Å². The molecule has 4 nitrogen and oxygen atoms in total. The Morgan fingerprint density at radius 2 is 2.00 bits per heavy atom. The molecule has 1 aromatic heterocycles. The van der Waals surface area contributed by atoms with E-state index >= 15 is 0 Å². The van der Waals surface area contributed by atoms with Crippen molar-refractivity contribution in [3.63, 3.8) is 0 Å². The number of piperidine rings is 1. The van der Waals surface area contributed by atoms with Gasteiger partial charge in [0.15, 0.2) is 10.8 Å². The molecule has 1 fully saturated rings. The average Bonchev–Trinajstić information content (AvgIpc) is 3.11. The summed E-state index contributed by atoms with van der Waals surface area (Å²) in [5.74, 6) is 0.155. The van der Waals surface area contributed by atoms with Gasteiger partial charge in [-0.15, -0.1) is 11.3 Å². The SMILES string of the molecule is O=C(c1nccs1)C1CCN(C(=O)Cc2ccccc2Cl)CC1. The quantitative estimate of drug-likeness (QED) is 0.795. The van der Waals surface area contributed by atoms with Crippen LogP contribution in [0.5, 0.6) is 0 Å². The molecule has 2 aromatic rings. The molecule has 2 heterocycles. The first kappa shape index (κ1) is 16.1. The van der Waals surface area contributed by atoms with E-state index in [2.05, 4.69) is 4.98 Å². The van der Waals surface area contributed by atoms with Crippen molar-refractivity contribution in [3.8, 4) is 0 Å². The van der Waals surface area contributed by atoms with Crippen molar-refractivity contribution in [2.45, 2.75) is 19.3 Å². The second-order valence-corrected chi connectivity index (χ2v) is 6.93. The molecule has 1 aliphatic heterocycles. The van der Waals surface area contributed by atoms with E-state index in [1.165, 1.54) is 11.3 Å². The molecule has 1 amide bonds. The third-order valence-corrected chi connectivity index (χ3v) is 5.32. The standard InChI is InChI=1S/C17H17ClN2O2S/c18-14-4-2-1-3-13(14)11-15(21)20-8-5-12(6-9-20)16(22)17-19-7-10-23-17/h1-4,7,10,12H,5-6,8-9,11H2. The lowest BCUT2D eigenvalue weighted by Gasteiger charge is -2.31. The number of thiazole rings is 1. The third kappa shape index (κ3) is 3.79. The number of benzene rings is 1. The molecular formula is C17H17ClN2O2S. The van der Waals surface area contributed by atoms with Crippen LogP contribution in [0.25, 0.3) is 0 Å². The topological polar surface area (TPSA) is 50.3 Å². The number of likely N-dealkylation sites (tertiary alicyclic amines) is 1. The fourth-order valence-corrected chi connectivity index (χ4v) is 3.69. The highest BCUT2D eigenvalue weighted by Crippen LogP contribution is 2.24. The lowest BCUT2D eigenvalue weighted by molar-refractivity contribution is -0.131. The molecule has 0 N–H and O–H groups in total. The van der Waals surface area contributed by atoms with Crippen molar-refractivity contribution < 1.29 is 9.59 Å². The van der Waals surface area contributed by atoms with Crippen LogP contribution in [0.1, 0.15) is 28.2 Å². The van der Waals surface area contributed by atoms with Gasteiger partial charge in [-0.05, 0) is 24.5 Å². The molecule has 0 radical (unpaired) electrons. The maximum absolute atomic E-state index is 12.4. The predicted octanol–water partition coefficient (Wildman–Crippen LogP) is 3.46. The van der Waals surface area contributed by atoms with Gasteiger partial charge in [-0.3, -0.25) is 9.59 Å². The number of ketones is 1. The number of hydrogen-bond donors (Lipinski definition) is 0. The summed E-state index contributed by atoms with van der Waals surface area (Å²) in [5, 5.41) is 3.01. The zero-order chi connectivity index (χ0) is 16.2. The summed E-state index contributed by atoms with van der Waals surface area (Å²) in [4.78, 5) is 30.6. The maximum atomic E-state index is 12.4. The van der Waals surface area contributed by atoms with Crippen LogP contribution in [0, 0.1) is 5.92 Å². The fourth-order valence-electron chi connectivity index (χ4n) is 2.83. The number of nitrogens with zero attached hydrogens (tertiary/aromatic N) is 2. The smallest absolute Gasteiger partial charge is 0.227 e. The second kappa shape index (κ2) is 7.23. The fraction of sp³-hybridized carbons (Fsp3) is 0.353. The molecule has 1 aliphatic rings. The number of rotatable bonds is 4. The van der Waals surface area contributed by atoms with Crippen molar-refractivity contribution in [2.24, 2.45) is 5.92 Å². The molecule has 0 aliphatic carbocycles. The highest BCUT2D eigenvalue weighted by molar-refractivity contribution is 7.11. The van der Waals surface area contributed by atoms with E-state index in [-0.39, 0.29) is 17.6 Å². The van der Waals surface area contributed by atoms with Gasteiger partial charge in [0.1, 0.15) is 0 Å². The van der Waals surface area contributed by atoms with Crippen molar-refractivity contribution in [1.82, 2.24) is 9.88 Å². The van der Waals surface area contributed by atoms with Gasteiger partial charge in [-0.2, -0.15) is 0 Å². The summed E-state index contributed by atoms with van der Waals surface area (Å²) in [6.45, 7) is 1.23. The molecule has 23 heavy (non-hydrogen) atoms. The molecule has 0 unspecified atom stereocenters. The van der Waals surface area contributed by atoms with Crippen LogP contribution < -0.4 is 0 Å². The molecular weight excluding hydrogens is 332 g/mol. The van der Waals surface area contributed by atoms with Gasteiger partial charge in [0, 0.05) is 35.6 Å². The second-order valence-electron chi connectivity index (χ2n) is 5.62. The van der Waals surface area contributed by atoms with E-state index in [1.54, 1.807) is 12.3 Å². The predicted molar refractivity (Wildman–Crippen MR) is 90.9 cm³/mol. The first-order valence-corrected chi connectivity index (χ1v) is 8.86. The number of aromatic nitrogens is 1. The first-order chi connectivity index (χ1) is 11.1. The number of carbonyl (C=O) groups is 2. The largest absolute Gasteiger partial charge is 0.342 e. The van der Waals surface area contributed by atoms with Crippen molar-refractivity contribution in [3.05, 3.63) is 51.4 Å². The number of Topliss-reactive ketones (excluding diaryl/α,β-unsaturated/α-hetero) is 1. The van der Waals surface area contributed by atoms with E-state index in [0.29, 0.717) is 42.4 Å². The van der Waals surface area contributed by atoms with Gasteiger partial charge in [-0.1, -0.05) is 29.8 Å². The van der Waals surface area contributed by atoms with E-state index in [0.717, 1.165) is 5.56 Å². The molecule has 120 valence electrons. The zero-order valence-corrected chi connectivity index (χ0v) is 14.1. The van der Waals surface area contributed by atoms with Gasteiger partial charge in [-0.25, -0.2) is 4.98 Å². The van der Waals surface area contributed by atoms with E-state index in [9.17, 15) is 9.59 Å². The molecule has 0 saturated carbocycles.